The van der Waals surface area contributed by atoms with Crippen LogP contribution in [0.25, 0.3) is 0 Å². The van der Waals surface area contributed by atoms with Gasteiger partial charge in [-0.2, -0.15) is 11.8 Å². The van der Waals surface area contributed by atoms with Gasteiger partial charge in [0.2, 0.25) is 0 Å². The second kappa shape index (κ2) is 7.31. The van der Waals surface area contributed by atoms with E-state index in [1.165, 1.54) is 5.57 Å². The topological polar surface area (TPSA) is 69.6 Å². The molecule has 1 rings (SSSR count). The van der Waals surface area contributed by atoms with Crippen molar-refractivity contribution in [1.29, 1.82) is 0 Å². The Morgan fingerprint density at radius 1 is 1.61 bits per heavy atom. The fourth-order valence-electron chi connectivity index (χ4n) is 1.69. The van der Waals surface area contributed by atoms with Crippen molar-refractivity contribution in [3.05, 3.63) is 11.6 Å². The molecule has 1 heterocycles. The number of carboxylic acid groups (broad SMARTS) is 1. The number of nitrogens with one attached hydrogen (secondary N) is 1. The molecule has 1 aliphatic heterocycles. The van der Waals surface area contributed by atoms with E-state index in [0.717, 1.165) is 12.2 Å². The lowest BCUT2D eigenvalue weighted by Gasteiger charge is -2.27. The third-order valence-electron chi connectivity index (χ3n) is 2.93. The largest absolute Gasteiger partial charge is 0.480 e. The van der Waals surface area contributed by atoms with Gasteiger partial charge in [0.1, 0.15) is 6.04 Å². The summed E-state index contributed by atoms with van der Waals surface area (Å²) in [4.78, 5) is 24.6. The Bertz CT molecular complexity index is 344. The quantitative estimate of drug-likeness (QED) is 0.745. The van der Waals surface area contributed by atoms with Gasteiger partial charge in [0.15, 0.2) is 0 Å². The summed E-state index contributed by atoms with van der Waals surface area (Å²) in [5, 5.41) is 11.6. The van der Waals surface area contributed by atoms with Crippen LogP contribution in [-0.2, 0) is 4.79 Å². The van der Waals surface area contributed by atoms with Gasteiger partial charge in [-0.15, -0.1) is 0 Å². The summed E-state index contributed by atoms with van der Waals surface area (Å²) in [5.74, 6) is -0.253. The molecule has 0 saturated carbocycles. The maximum Gasteiger partial charge on any atom is 0.326 e. The van der Waals surface area contributed by atoms with Crippen molar-refractivity contribution in [3.63, 3.8) is 0 Å². The SMILES string of the molecule is CSCC[C@@H](NC(=O)N1CC=C(C)CC1)C(=O)O. The van der Waals surface area contributed by atoms with Crippen molar-refractivity contribution in [2.24, 2.45) is 0 Å². The number of hydrogen-bond acceptors (Lipinski definition) is 3. The highest BCUT2D eigenvalue weighted by molar-refractivity contribution is 7.98. The van der Waals surface area contributed by atoms with Gasteiger partial charge in [-0.05, 0) is 31.8 Å². The average Bonchev–Trinajstić information content (AvgIpc) is 2.34. The molecule has 0 aromatic carbocycles. The summed E-state index contributed by atoms with van der Waals surface area (Å²) in [6.07, 6.45) is 5.22. The highest BCUT2D eigenvalue weighted by atomic mass is 32.2. The summed E-state index contributed by atoms with van der Waals surface area (Å²) >= 11 is 1.57. The van der Waals surface area contributed by atoms with E-state index in [-0.39, 0.29) is 6.03 Å². The van der Waals surface area contributed by atoms with Crippen molar-refractivity contribution < 1.29 is 14.7 Å². The zero-order valence-electron chi connectivity index (χ0n) is 10.8. The molecule has 102 valence electrons. The lowest BCUT2D eigenvalue weighted by molar-refractivity contribution is -0.139. The fourth-order valence-corrected chi connectivity index (χ4v) is 2.16. The van der Waals surface area contributed by atoms with Crippen LogP contribution in [0.4, 0.5) is 4.79 Å². The zero-order chi connectivity index (χ0) is 13.5. The summed E-state index contributed by atoms with van der Waals surface area (Å²) in [5.41, 5.74) is 1.27. The molecule has 6 heteroatoms. The van der Waals surface area contributed by atoms with Gasteiger partial charge in [0.25, 0.3) is 0 Å². The van der Waals surface area contributed by atoms with Crippen molar-refractivity contribution in [2.45, 2.75) is 25.8 Å². The predicted molar refractivity (Wildman–Crippen MR) is 72.9 cm³/mol. The van der Waals surface area contributed by atoms with Crippen LogP contribution in [0.2, 0.25) is 0 Å². The summed E-state index contributed by atoms with van der Waals surface area (Å²) in [7, 11) is 0. The van der Waals surface area contributed by atoms with Crippen molar-refractivity contribution in [2.75, 3.05) is 25.1 Å². The highest BCUT2D eigenvalue weighted by Crippen LogP contribution is 2.10. The Labute approximate surface area is 112 Å². The Morgan fingerprint density at radius 3 is 2.83 bits per heavy atom. The van der Waals surface area contributed by atoms with Crippen LogP contribution in [0.5, 0.6) is 0 Å². The maximum atomic E-state index is 11.9. The normalized spacial score (nSPS) is 17.0. The first-order valence-corrected chi connectivity index (χ1v) is 7.36. The molecular weight excluding hydrogens is 252 g/mol. The summed E-state index contributed by atoms with van der Waals surface area (Å²) in [6, 6.07) is -1.08. The van der Waals surface area contributed by atoms with Gasteiger partial charge >= 0.3 is 12.0 Å². The Balaban J connectivity index is 2.48. The molecule has 0 bridgehead atoms. The van der Waals surface area contributed by atoms with E-state index in [2.05, 4.69) is 5.32 Å². The van der Waals surface area contributed by atoms with Crippen molar-refractivity contribution >= 4 is 23.8 Å². The standard InChI is InChI=1S/C12H20N2O3S/c1-9-3-6-14(7-4-9)12(17)13-10(11(15)16)5-8-18-2/h3,10H,4-8H2,1-2H3,(H,13,17)(H,15,16)/t10-/m1/s1. The van der Waals surface area contributed by atoms with Gasteiger partial charge in [0, 0.05) is 13.1 Å². The van der Waals surface area contributed by atoms with E-state index < -0.39 is 12.0 Å². The van der Waals surface area contributed by atoms with Crippen LogP contribution in [0.1, 0.15) is 19.8 Å². The van der Waals surface area contributed by atoms with E-state index >= 15 is 0 Å². The molecule has 0 unspecified atom stereocenters. The predicted octanol–water partition coefficient (Wildman–Crippen LogP) is 1.55. The minimum atomic E-state index is -0.971. The molecule has 5 nitrogen and oxygen atoms in total. The number of carboxylic acids is 1. The number of amides is 2. The number of carbonyl (C=O) groups is 2. The van der Waals surface area contributed by atoms with Crippen LogP contribution in [0.3, 0.4) is 0 Å². The number of thioether (sulfide) groups is 1. The molecule has 0 spiro atoms. The molecule has 0 aromatic heterocycles. The summed E-state index contributed by atoms with van der Waals surface area (Å²) < 4.78 is 0. The van der Waals surface area contributed by atoms with Crippen LogP contribution in [0.15, 0.2) is 11.6 Å². The van der Waals surface area contributed by atoms with Gasteiger partial charge in [-0.1, -0.05) is 11.6 Å². The number of hydrogen-bond donors (Lipinski definition) is 2. The van der Waals surface area contributed by atoms with Crippen LogP contribution < -0.4 is 5.32 Å². The van der Waals surface area contributed by atoms with E-state index in [1.807, 2.05) is 19.3 Å². The maximum absolute atomic E-state index is 11.9. The van der Waals surface area contributed by atoms with Gasteiger partial charge in [-0.25, -0.2) is 9.59 Å². The van der Waals surface area contributed by atoms with Gasteiger partial charge < -0.3 is 15.3 Å². The van der Waals surface area contributed by atoms with Gasteiger partial charge in [0.05, 0.1) is 0 Å². The number of urea groups is 1. The first-order valence-electron chi connectivity index (χ1n) is 5.97. The van der Waals surface area contributed by atoms with Crippen LogP contribution >= 0.6 is 11.8 Å². The lowest BCUT2D eigenvalue weighted by atomic mass is 10.1. The molecule has 2 N–H and O–H groups in total. The highest BCUT2D eigenvalue weighted by Gasteiger charge is 2.23. The van der Waals surface area contributed by atoms with Crippen LogP contribution in [-0.4, -0.2) is 53.1 Å². The molecule has 0 aliphatic carbocycles. The van der Waals surface area contributed by atoms with Crippen molar-refractivity contribution in [1.82, 2.24) is 10.2 Å². The molecule has 1 atom stereocenters. The minimum Gasteiger partial charge on any atom is -0.480 e. The van der Waals surface area contributed by atoms with Crippen LogP contribution in [0, 0.1) is 0 Å². The molecule has 0 saturated heterocycles. The summed E-state index contributed by atoms with van der Waals surface area (Å²) in [6.45, 7) is 3.25. The molecule has 0 radical (unpaired) electrons. The number of carbonyl (C=O) groups excluding carboxylic acids is 1. The number of nitrogens with zero attached hydrogens (tertiary/aromatic N) is 1. The van der Waals surface area contributed by atoms with Gasteiger partial charge in [-0.3, -0.25) is 0 Å². The minimum absolute atomic E-state index is 0.285. The second-order valence-electron chi connectivity index (χ2n) is 4.37. The Hall–Kier alpha value is -1.17. The first-order chi connectivity index (χ1) is 8.54. The molecule has 0 aromatic rings. The number of rotatable bonds is 5. The fraction of sp³-hybridized carbons (Fsp3) is 0.667. The Kier molecular flexibility index (Phi) is 6.04. The third-order valence-corrected chi connectivity index (χ3v) is 3.57. The van der Waals surface area contributed by atoms with Crippen molar-refractivity contribution in [3.8, 4) is 0 Å². The molecule has 2 amide bonds. The third kappa shape index (κ3) is 4.60. The van der Waals surface area contributed by atoms with E-state index in [1.54, 1.807) is 16.7 Å². The zero-order valence-corrected chi connectivity index (χ0v) is 11.6. The van der Waals surface area contributed by atoms with E-state index in [4.69, 9.17) is 5.11 Å². The molecular formula is C12H20N2O3S. The second-order valence-corrected chi connectivity index (χ2v) is 5.35. The molecule has 18 heavy (non-hydrogen) atoms. The first kappa shape index (κ1) is 14.9. The Morgan fingerprint density at radius 2 is 2.33 bits per heavy atom. The smallest absolute Gasteiger partial charge is 0.326 e. The van der Waals surface area contributed by atoms with E-state index in [9.17, 15) is 9.59 Å². The van der Waals surface area contributed by atoms with E-state index in [0.29, 0.717) is 19.5 Å². The molecule has 0 fully saturated rings. The average molecular weight is 272 g/mol. The molecule has 1 aliphatic rings. The monoisotopic (exact) mass is 272 g/mol. The number of aliphatic carboxylic acids is 1. The lowest BCUT2D eigenvalue weighted by Crippen LogP contribution is -2.49.